The highest BCUT2D eigenvalue weighted by molar-refractivity contribution is 14.1. The van der Waals surface area contributed by atoms with Crippen molar-refractivity contribution in [3.05, 3.63) is 33.4 Å². The maximum Gasteiger partial charge on any atom is 0.138 e. The number of aliphatic imine (C=N–C) groups is 1. The van der Waals surface area contributed by atoms with Gasteiger partial charge in [-0.25, -0.2) is 0 Å². The number of halogens is 1. The summed E-state index contributed by atoms with van der Waals surface area (Å²) in [6.07, 6.45) is 1.78. The summed E-state index contributed by atoms with van der Waals surface area (Å²) in [5.41, 5.74) is 1.16. The van der Waals surface area contributed by atoms with E-state index in [1.54, 1.807) is 18.0 Å². The van der Waals surface area contributed by atoms with Crippen LogP contribution in [0.3, 0.4) is 0 Å². The molecule has 0 aliphatic carbocycles. The van der Waals surface area contributed by atoms with Gasteiger partial charge in [-0.1, -0.05) is 12.1 Å². The van der Waals surface area contributed by atoms with Crippen molar-refractivity contribution < 1.29 is 0 Å². The zero-order valence-electron chi connectivity index (χ0n) is 7.59. The number of hydrogen-bond acceptors (Lipinski definition) is 4. The first-order valence-corrected chi connectivity index (χ1v) is 6.35. The van der Waals surface area contributed by atoms with Crippen molar-refractivity contribution in [3.63, 3.8) is 0 Å². The Labute approximate surface area is 105 Å². The van der Waals surface area contributed by atoms with Crippen LogP contribution in [0.4, 0.5) is 0 Å². The van der Waals surface area contributed by atoms with E-state index in [1.165, 1.54) is 3.57 Å². The van der Waals surface area contributed by atoms with Crippen LogP contribution in [0.15, 0.2) is 39.5 Å². The maximum absolute atomic E-state index is 4.55. The molecule has 5 heteroatoms. The Balaban J connectivity index is 1.94. The summed E-state index contributed by atoms with van der Waals surface area (Å²) in [6.45, 7) is 0. The predicted octanol–water partition coefficient (Wildman–Crippen LogP) is 2.55. The van der Waals surface area contributed by atoms with Gasteiger partial charge in [0.05, 0.1) is 6.21 Å². The highest BCUT2D eigenvalue weighted by Gasteiger charge is 2.27. The van der Waals surface area contributed by atoms with E-state index in [9.17, 15) is 0 Å². The Hall–Kier alpha value is -0.690. The largest absolute Gasteiger partial charge is 0.261 e. The molecule has 3 nitrogen and oxygen atoms in total. The van der Waals surface area contributed by atoms with Crippen molar-refractivity contribution in [2.45, 2.75) is 6.04 Å². The number of benzene rings is 1. The average molecular weight is 327 g/mol. The number of fused-ring (bicyclic) bond motifs is 1. The van der Waals surface area contributed by atoms with E-state index in [2.05, 4.69) is 62.1 Å². The summed E-state index contributed by atoms with van der Waals surface area (Å²) >= 11 is 3.91. The highest BCUT2D eigenvalue weighted by atomic mass is 127. The van der Waals surface area contributed by atoms with Gasteiger partial charge in [0, 0.05) is 9.13 Å². The Kier molecular flexibility index (Phi) is 2.36. The normalized spacial score (nSPS) is 22.6. The van der Waals surface area contributed by atoms with E-state index >= 15 is 0 Å². The molecule has 0 amide bonds. The molecule has 2 heterocycles. The first kappa shape index (κ1) is 9.53. The smallest absolute Gasteiger partial charge is 0.138 e. The van der Waals surface area contributed by atoms with Gasteiger partial charge in [0.2, 0.25) is 0 Å². The fourth-order valence-corrected chi connectivity index (χ4v) is 2.72. The zero-order valence-corrected chi connectivity index (χ0v) is 10.6. The van der Waals surface area contributed by atoms with Crippen LogP contribution < -0.4 is 0 Å². The van der Waals surface area contributed by atoms with Gasteiger partial charge >= 0.3 is 0 Å². The zero-order chi connectivity index (χ0) is 10.3. The quantitative estimate of drug-likeness (QED) is 0.731. The van der Waals surface area contributed by atoms with Crippen molar-refractivity contribution in [1.82, 2.24) is 0 Å². The molecular formula is C10H6IN3S. The lowest BCUT2D eigenvalue weighted by Gasteiger charge is -1.98. The second-order valence-electron chi connectivity index (χ2n) is 3.19. The Bertz CT molecular complexity index is 490. The molecule has 1 aromatic carbocycles. The molecule has 0 unspecified atom stereocenters. The van der Waals surface area contributed by atoms with E-state index in [4.69, 9.17) is 0 Å². The molecule has 0 fully saturated rings. The molecule has 74 valence electrons. The average Bonchev–Trinajstić information content (AvgIpc) is 2.78. The molecular weight excluding hydrogens is 321 g/mol. The molecule has 0 bridgehead atoms. The Morgan fingerprint density at radius 1 is 1.20 bits per heavy atom. The lowest BCUT2D eigenvalue weighted by Crippen LogP contribution is -2.06. The summed E-state index contributed by atoms with van der Waals surface area (Å²) in [6, 6.07) is 8.43. The summed E-state index contributed by atoms with van der Waals surface area (Å²) < 4.78 is 1.24. The molecule has 0 radical (unpaired) electrons. The van der Waals surface area contributed by atoms with Gasteiger partial charge in [-0.2, -0.15) is 5.10 Å². The lowest BCUT2D eigenvalue weighted by atomic mass is 10.2. The van der Waals surface area contributed by atoms with Crippen LogP contribution in [-0.4, -0.2) is 22.3 Å². The molecule has 0 saturated carbocycles. The van der Waals surface area contributed by atoms with Gasteiger partial charge in [0.25, 0.3) is 0 Å². The minimum atomic E-state index is 0.0734. The van der Waals surface area contributed by atoms with Crippen LogP contribution in [0, 0.1) is 3.57 Å². The number of thioether (sulfide) groups is 1. The first-order chi connectivity index (χ1) is 7.33. The highest BCUT2D eigenvalue weighted by Crippen LogP contribution is 2.28. The summed E-state index contributed by atoms with van der Waals surface area (Å²) in [4.78, 5) is 4.55. The maximum atomic E-state index is 4.55. The van der Waals surface area contributed by atoms with Gasteiger partial charge in [0.15, 0.2) is 0 Å². The van der Waals surface area contributed by atoms with Crippen LogP contribution in [0.5, 0.6) is 0 Å². The second-order valence-corrected chi connectivity index (χ2v) is 5.45. The van der Waals surface area contributed by atoms with E-state index in [0.29, 0.717) is 0 Å². The molecule has 2 aliphatic rings. The van der Waals surface area contributed by atoms with Gasteiger partial charge in [-0.15, -0.1) is 5.10 Å². The third-order valence-electron chi connectivity index (χ3n) is 2.17. The molecule has 3 rings (SSSR count). The van der Waals surface area contributed by atoms with Gasteiger partial charge in [-0.05, 0) is 46.5 Å². The third-order valence-corrected chi connectivity index (χ3v) is 3.95. The fraction of sp³-hybridized carbons (Fsp3) is 0.100. The van der Waals surface area contributed by atoms with E-state index in [1.807, 2.05) is 0 Å². The topological polar surface area (TPSA) is 37.1 Å². The summed E-state index contributed by atoms with van der Waals surface area (Å²) in [5, 5.41) is 9.90. The first-order valence-electron chi connectivity index (χ1n) is 4.45. The number of nitrogens with zero attached hydrogens (tertiary/aromatic N) is 3. The van der Waals surface area contributed by atoms with Crippen LogP contribution in [0.25, 0.3) is 0 Å². The van der Waals surface area contributed by atoms with Crippen LogP contribution in [0.1, 0.15) is 5.56 Å². The fourth-order valence-electron chi connectivity index (χ4n) is 1.42. The minimum Gasteiger partial charge on any atom is -0.261 e. The SMILES string of the molecule is Ic1ccc(C2=N[C@@H]3C=NN=C3S2)cc1. The lowest BCUT2D eigenvalue weighted by molar-refractivity contribution is 1.22. The van der Waals surface area contributed by atoms with Crippen molar-refractivity contribution in [3.8, 4) is 0 Å². The Morgan fingerprint density at radius 2 is 2.00 bits per heavy atom. The van der Waals surface area contributed by atoms with Crippen LogP contribution in [0.2, 0.25) is 0 Å². The Morgan fingerprint density at radius 3 is 2.73 bits per heavy atom. The summed E-state index contributed by atoms with van der Waals surface area (Å²) in [7, 11) is 0. The van der Waals surface area contributed by atoms with Crippen molar-refractivity contribution in [2.24, 2.45) is 15.2 Å². The van der Waals surface area contributed by atoms with Crippen LogP contribution in [-0.2, 0) is 0 Å². The monoisotopic (exact) mass is 327 g/mol. The van der Waals surface area contributed by atoms with Crippen molar-refractivity contribution >= 4 is 50.7 Å². The van der Waals surface area contributed by atoms with E-state index in [0.717, 1.165) is 15.7 Å². The van der Waals surface area contributed by atoms with Gasteiger partial charge in [0.1, 0.15) is 16.1 Å². The van der Waals surface area contributed by atoms with Gasteiger partial charge < -0.3 is 0 Å². The van der Waals surface area contributed by atoms with E-state index < -0.39 is 0 Å². The molecule has 0 spiro atoms. The molecule has 0 saturated heterocycles. The third kappa shape index (κ3) is 1.74. The van der Waals surface area contributed by atoms with Crippen molar-refractivity contribution in [2.75, 3.05) is 0 Å². The number of rotatable bonds is 1. The molecule has 1 aromatic rings. The van der Waals surface area contributed by atoms with E-state index in [-0.39, 0.29) is 6.04 Å². The van der Waals surface area contributed by atoms with Gasteiger partial charge in [-0.3, -0.25) is 4.99 Å². The minimum absolute atomic E-state index is 0.0734. The standard InChI is InChI=1S/C10H6IN3S/c11-7-3-1-6(2-4-7)9-13-8-5-12-14-10(8)15-9/h1-5,8H/t8-/m1/s1. The molecule has 0 N–H and O–H groups in total. The predicted molar refractivity (Wildman–Crippen MR) is 73.0 cm³/mol. The summed E-state index contributed by atoms with van der Waals surface area (Å²) in [5.74, 6) is 0. The second kappa shape index (κ2) is 3.71. The molecule has 1 atom stereocenters. The number of hydrogen-bond donors (Lipinski definition) is 0. The molecule has 0 aromatic heterocycles. The molecule has 15 heavy (non-hydrogen) atoms. The van der Waals surface area contributed by atoms with Crippen molar-refractivity contribution in [1.29, 1.82) is 0 Å². The van der Waals surface area contributed by atoms with Crippen LogP contribution >= 0.6 is 34.4 Å². The molecule has 2 aliphatic heterocycles.